The predicted octanol–water partition coefficient (Wildman–Crippen LogP) is 1.45. The van der Waals surface area contributed by atoms with E-state index in [1.54, 1.807) is 9.80 Å². The van der Waals surface area contributed by atoms with Gasteiger partial charge in [-0.1, -0.05) is 37.5 Å². The van der Waals surface area contributed by atoms with Crippen LogP contribution in [0.5, 0.6) is 0 Å². The molecule has 2 aliphatic rings. The Bertz CT molecular complexity index is 493. The third kappa shape index (κ3) is 2.96. The van der Waals surface area contributed by atoms with E-state index in [9.17, 15) is 9.59 Å². The van der Waals surface area contributed by atoms with Crippen molar-refractivity contribution >= 4 is 11.8 Å². The second-order valence-corrected chi connectivity index (χ2v) is 4.70. The van der Waals surface area contributed by atoms with Gasteiger partial charge in [0.2, 0.25) is 11.8 Å². The summed E-state index contributed by atoms with van der Waals surface area (Å²) in [5.41, 5.74) is 2.12. The van der Waals surface area contributed by atoms with Gasteiger partial charge in [0.05, 0.1) is 0 Å². The summed E-state index contributed by atoms with van der Waals surface area (Å²) in [6.07, 6.45) is 10.6. The Kier molecular flexibility index (Phi) is 4.35. The number of hydrogen-bond donors (Lipinski definition) is 0. The van der Waals surface area contributed by atoms with Gasteiger partial charge in [-0.25, -0.2) is 0 Å². The lowest BCUT2D eigenvalue weighted by molar-refractivity contribution is -0.126. The second kappa shape index (κ2) is 6.19. The first kappa shape index (κ1) is 14.1. The minimum absolute atomic E-state index is 0.0775. The predicted molar refractivity (Wildman–Crippen MR) is 78.9 cm³/mol. The van der Waals surface area contributed by atoms with Crippen molar-refractivity contribution in [3.05, 3.63) is 60.8 Å². The van der Waals surface area contributed by atoms with E-state index in [0.717, 1.165) is 11.1 Å². The van der Waals surface area contributed by atoms with Crippen molar-refractivity contribution in [3.63, 3.8) is 0 Å². The molecule has 0 unspecified atom stereocenters. The molecule has 0 N–H and O–H groups in total. The van der Waals surface area contributed by atoms with Crippen molar-refractivity contribution < 1.29 is 9.59 Å². The summed E-state index contributed by atoms with van der Waals surface area (Å²) in [5.74, 6) is -0.155. The van der Waals surface area contributed by atoms with Gasteiger partial charge in [-0.05, 0) is 23.3 Å². The standard InChI is InChI=1S/C16H18N2O2/c1-3-15(19)17-9-5-7-13(11-17)14-8-6-10-18(12-14)16(20)4-2/h3-8H,1-2,9-12H2/b14-13+. The molecule has 0 fully saturated rings. The monoisotopic (exact) mass is 270 g/mol. The Morgan fingerprint density at radius 1 is 0.900 bits per heavy atom. The van der Waals surface area contributed by atoms with Crippen LogP contribution in [0.1, 0.15) is 0 Å². The fourth-order valence-electron chi connectivity index (χ4n) is 2.30. The first-order chi connectivity index (χ1) is 9.65. The number of carbonyl (C=O) groups excluding carboxylic acids is 2. The van der Waals surface area contributed by atoms with Crippen LogP contribution in [0.3, 0.4) is 0 Å². The smallest absolute Gasteiger partial charge is 0.246 e. The van der Waals surface area contributed by atoms with Crippen LogP contribution in [-0.2, 0) is 9.59 Å². The minimum Gasteiger partial charge on any atom is -0.331 e. The molecule has 4 nitrogen and oxygen atoms in total. The molecule has 2 aliphatic heterocycles. The number of hydrogen-bond acceptors (Lipinski definition) is 2. The third-order valence-electron chi connectivity index (χ3n) is 3.40. The van der Waals surface area contributed by atoms with Gasteiger partial charge in [0, 0.05) is 26.2 Å². The van der Waals surface area contributed by atoms with Crippen LogP contribution >= 0.6 is 0 Å². The molecule has 4 heteroatoms. The van der Waals surface area contributed by atoms with E-state index in [0.29, 0.717) is 26.2 Å². The van der Waals surface area contributed by atoms with Crippen molar-refractivity contribution in [1.82, 2.24) is 9.80 Å². The first-order valence-corrected chi connectivity index (χ1v) is 6.53. The Morgan fingerprint density at radius 3 is 1.65 bits per heavy atom. The molecule has 20 heavy (non-hydrogen) atoms. The lowest BCUT2D eigenvalue weighted by atomic mass is 10.0. The highest BCUT2D eigenvalue weighted by Crippen LogP contribution is 2.18. The SMILES string of the molecule is C=CC(=O)N1CC=C/C(=C2/C=CCN(C(=O)C=C)C2)C1. The van der Waals surface area contributed by atoms with Gasteiger partial charge in [0.25, 0.3) is 0 Å². The zero-order valence-corrected chi connectivity index (χ0v) is 11.4. The second-order valence-electron chi connectivity index (χ2n) is 4.70. The summed E-state index contributed by atoms with van der Waals surface area (Å²) in [7, 11) is 0. The fraction of sp³-hybridized carbons (Fsp3) is 0.250. The Morgan fingerprint density at radius 2 is 1.30 bits per heavy atom. The van der Waals surface area contributed by atoms with Gasteiger partial charge in [-0.3, -0.25) is 9.59 Å². The Balaban J connectivity index is 2.20. The molecule has 0 saturated carbocycles. The van der Waals surface area contributed by atoms with E-state index in [-0.39, 0.29) is 11.8 Å². The summed E-state index contributed by atoms with van der Waals surface area (Å²) in [6.45, 7) is 9.32. The van der Waals surface area contributed by atoms with E-state index in [1.807, 2.05) is 24.3 Å². The van der Waals surface area contributed by atoms with Crippen molar-refractivity contribution in [3.8, 4) is 0 Å². The lowest BCUT2D eigenvalue weighted by Crippen LogP contribution is -2.37. The maximum absolute atomic E-state index is 11.7. The summed E-state index contributed by atoms with van der Waals surface area (Å²) >= 11 is 0. The largest absolute Gasteiger partial charge is 0.331 e. The summed E-state index contributed by atoms with van der Waals surface area (Å²) < 4.78 is 0. The number of rotatable bonds is 2. The summed E-state index contributed by atoms with van der Waals surface area (Å²) in [4.78, 5) is 26.8. The van der Waals surface area contributed by atoms with Crippen LogP contribution in [0.15, 0.2) is 60.8 Å². The molecule has 0 radical (unpaired) electrons. The summed E-state index contributed by atoms with van der Waals surface area (Å²) in [5, 5.41) is 0. The Hall–Kier alpha value is -2.36. The molecule has 0 aliphatic carbocycles. The van der Waals surface area contributed by atoms with E-state index >= 15 is 0 Å². The average Bonchev–Trinajstić information content (AvgIpc) is 2.53. The molecule has 0 atom stereocenters. The van der Waals surface area contributed by atoms with Gasteiger partial charge < -0.3 is 9.80 Å². The highest BCUT2D eigenvalue weighted by Gasteiger charge is 2.19. The quantitative estimate of drug-likeness (QED) is 0.713. The topological polar surface area (TPSA) is 40.6 Å². The van der Waals surface area contributed by atoms with Crippen molar-refractivity contribution in [1.29, 1.82) is 0 Å². The number of nitrogens with zero attached hydrogens (tertiary/aromatic N) is 2. The highest BCUT2D eigenvalue weighted by molar-refractivity contribution is 5.88. The van der Waals surface area contributed by atoms with Crippen LogP contribution in [0.25, 0.3) is 0 Å². The van der Waals surface area contributed by atoms with Crippen molar-refractivity contribution in [2.75, 3.05) is 26.2 Å². The number of carbonyl (C=O) groups is 2. The maximum Gasteiger partial charge on any atom is 0.246 e. The molecule has 2 heterocycles. The first-order valence-electron chi connectivity index (χ1n) is 6.53. The molecular formula is C16H18N2O2. The van der Waals surface area contributed by atoms with Gasteiger partial charge in [0.15, 0.2) is 0 Å². The van der Waals surface area contributed by atoms with Crippen LogP contribution in [-0.4, -0.2) is 47.8 Å². The molecule has 0 spiro atoms. The van der Waals surface area contributed by atoms with E-state index in [4.69, 9.17) is 0 Å². The Labute approximate surface area is 119 Å². The van der Waals surface area contributed by atoms with E-state index in [1.165, 1.54) is 12.2 Å². The zero-order valence-electron chi connectivity index (χ0n) is 11.4. The molecule has 0 aromatic heterocycles. The lowest BCUT2D eigenvalue weighted by Gasteiger charge is -2.29. The number of amides is 2. The molecular weight excluding hydrogens is 252 g/mol. The normalized spacial score (nSPS) is 21.8. The maximum atomic E-state index is 11.7. The van der Waals surface area contributed by atoms with Gasteiger partial charge >= 0.3 is 0 Å². The minimum atomic E-state index is -0.0775. The molecule has 0 bridgehead atoms. The van der Waals surface area contributed by atoms with Gasteiger partial charge in [-0.15, -0.1) is 0 Å². The molecule has 104 valence electrons. The molecule has 2 amide bonds. The van der Waals surface area contributed by atoms with Crippen LogP contribution < -0.4 is 0 Å². The molecule has 0 aromatic rings. The van der Waals surface area contributed by atoms with Crippen molar-refractivity contribution in [2.24, 2.45) is 0 Å². The van der Waals surface area contributed by atoms with Crippen LogP contribution in [0.2, 0.25) is 0 Å². The average molecular weight is 270 g/mol. The summed E-state index contributed by atoms with van der Waals surface area (Å²) in [6, 6.07) is 0. The third-order valence-corrected chi connectivity index (χ3v) is 3.40. The molecule has 0 saturated heterocycles. The zero-order chi connectivity index (χ0) is 14.5. The van der Waals surface area contributed by atoms with E-state index in [2.05, 4.69) is 13.2 Å². The van der Waals surface area contributed by atoms with E-state index < -0.39 is 0 Å². The van der Waals surface area contributed by atoms with Crippen LogP contribution in [0, 0.1) is 0 Å². The molecule has 2 rings (SSSR count). The fourth-order valence-corrected chi connectivity index (χ4v) is 2.30. The van der Waals surface area contributed by atoms with Crippen LogP contribution in [0.4, 0.5) is 0 Å². The van der Waals surface area contributed by atoms with Gasteiger partial charge in [0.1, 0.15) is 0 Å². The van der Waals surface area contributed by atoms with Gasteiger partial charge in [-0.2, -0.15) is 0 Å². The highest BCUT2D eigenvalue weighted by atomic mass is 16.2. The molecule has 0 aromatic carbocycles. The van der Waals surface area contributed by atoms with Crippen molar-refractivity contribution in [2.45, 2.75) is 0 Å².